The minimum atomic E-state index is -0.0950. The number of hydrazone groups is 1. The normalized spacial score (nSPS) is 20.7. The lowest BCUT2D eigenvalue weighted by atomic mass is 9.77. The maximum atomic E-state index is 13.5. The number of carbonyl (C=O) groups is 1. The van der Waals surface area contributed by atoms with Crippen LogP contribution in [0, 0.1) is 5.92 Å². The number of amides is 1. The fourth-order valence-electron chi connectivity index (χ4n) is 5.04. The van der Waals surface area contributed by atoms with Crippen LogP contribution in [0.25, 0.3) is 17.2 Å². The van der Waals surface area contributed by atoms with Crippen molar-refractivity contribution in [2.24, 2.45) is 11.0 Å². The number of para-hydroxylation sites is 2. The topological polar surface area (TPSA) is 58.7 Å². The summed E-state index contributed by atoms with van der Waals surface area (Å²) in [4.78, 5) is 18.0. The average Bonchev–Trinajstić information content (AvgIpc) is 3.50. The summed E-state index contributed by atoms with van der Waals surface area (Å²) < 4.78 is 5.81. The lowest BCUT2D eigenvalue weighted by Crippen LogP contribution is -2.32. The number of hydrogen-bond acceptors (Lipinski definition) is 5. The molecule has 1 aromatic heterocycles. The number of rotatable bonds is 5. The zero-order chi connectivity index (χ0) is 23.6. The third kappa shape index (κ3) is 4.42. The van der Waals surface area contributed by atoms with Crippen LogP contribution in [0.4, 0.5) is 0 Å². The molecule has 0 saturated heterocycles. The van der Waals surface area contributed by atoms with E-state index in [0.29, 0.717) is 5.22 Å². The molecule has 2 atom stereocenters. The molecule has 35 heavy (non-hydrogen) atoms. The van der Waals surface area contributed by atoms with Crippen molar-refractivity contribution in [2.75, 3.05) is 5.75 Å². The van der Waals surface area contributed by atoms with Crippen molar-refractivity contribution in [3.63, 3.8) is 0 Å². The maximum Gasteiger partial charge on any atom is 0.257 e. The monoisotopic (exact) mass is 479 g/mol. The van der Waals surface area contributed by atoms with Crippen LogP contribution >= 0.6 is 11.8 Å². The van der Waals surface area contributed by atoms with Gasteiger partial charge in [0.05, 0.1) is 17.5 Å². The maximum absolute atomic E-state index is 13.5. The standard InChI is InChI=1S/C29H25N3O2S/c33-26(19-35-29-30-24-16-7-8-17-25(24)34-29)32-28(21-12-5-2-6-13-21)23-15-9-14-22(27(23)31-32)18-20-10-3-1-4-11-20/h1-8,10-13,16-18,23,28H,9,14-15,19H2/b22-18-. The molecule has 0 bridgehead atoms. The zero-order valence-electron chi connectivity index (χ0n) is 19.2. The van der Waals surface area contributed by atoms with E-state index in [4.69, 9.17) is 9.52 Å². The Kier molecular flexibility index (Phi) is 5.96. The molecule has 0 radical (unpaired) electrons. The van der Waals surface area contributed by atoms with E-state index in [9.17, 15) is 4.79 Å². The van der Waals surface area contributed by atoms with Gasteiger partial charge in [-0.25, -0.2) is 9.99 Å². The van der Waals surface area contributed by atoms with Crippen molar-refractivity contribution < 1.29 is 9.21 Å². The quantitative estimate of drug-likeness (QED) is 0.297. The molecule has 3 aromatic carbocycles. The number of fused-ring (bicyclic) bond motifs is 2. The molecular weight excluding hydrogens is 454 g/mol. The van der Waals surface area contributed by atoms with Crippen LogP contribution in [0.15, 0.2) is 105 Å². The van der Waals surface area contributed by atoms with E-state index in [0.717, 1.165) is 41.6 Å². The van der Waals surface area contributed by atoms with Crippen LogP contribution in [0.2, 0.25) is 0 Å². The molecule has 2 heterocycles. The summed E-state index contributed by atoms with van der Waals surface area (Å²) in [7, 11) is 0. The number of carbonyl (C=O) groups excluding carboxylic acids is 1. The molecule has 1 aliphatic heterocycles. The first-order valence-corrected chi connectivity index (χ1v) is 12.9. The van der Waals surface area contributed by atoms with Crippen LogP contribution in [0.5, 0.6) is 0 Å². The Balaban J connectivity index is 1.30. The fraction of sp³-hybridized carbons (Fsp3) is 0.207. The van der Waals surface area contributed by atoms with E-state index in [-0.39, 0.29) is 23.6 Å². The Labute approximate surface area is 208 Å². The molecule has 174 valence electrons. The van der Waals surface area contributed by atoms with E-state index in [1.807, 2.05) is 48.5 Å². The lowest BCUT2D eigenvalue weighted by molar-refractivity contribution is -0.130. The van der Waals surface area contributed by atoms with Crippen LogP contribution in [0.3, 0.4) is 0 Å². The zero-order valence-corrected chi connectivity index (χ0v) is 20.0. The highest BCUT2D eigenvalue weighted by molar-refractivity contribution is 7.99. The molecule has 2 aliphatic rings. The smallest absolute Gasteiger partial charge is 0.257 e. The van der Waals surface area contributed by atoms with Gasteiger partial charge in [-0.2, -0.15) is 5.10 Å². The number of oxazole rings is 1. The molecule has 5 nitrogen and oxygen atoms in total. The minimum Gasteiger partial charge on any atom is -0.431 e. The van der Waals surface area contributed by atoms with Gasteiger partial charge in [0.2, 0.25) is 0 Å². The Hall–Kier alpha value is -3.64. The van der Waals surface area contributed by atoms with Crippen LogP contribution < -0.4 is 0 Å². The first-order valence-electron chi connectivity index (χ1n) is 12.0. The predicted octanol–water partition coefficient (Wildman–Crippen LogP) is 6.74. The first kappa shape index (κ1) is 21.9. The number of thioether (sulfide) groups is 1. The molecule has 6 rings (SSSR count). The van der Waals surface area contributed by atoms with Gasteiger partial charge >= 0.3 is 0 Å². The summed E-state index contributed by atoms with van der Waals surface area (Å²) in [6, 6.07) is 28.2. The molecular formula is C29H25N3O2S. The second kappa shape index (κ2) is 9.55. The number of aromatic nitrogens is 1. The van der Waals surface area contributed by atoms with E-state index < -0.39 is 0 Å². The first-order chi connectivity index (χ1) is 17.3. The molecule has 0 N–H and O–H groups in total. The fourth-order valence-corrected chi connectivity index (χ4v) is 5.73. The number of benzene rings is 3. The molecule has 2 unspecified atom stereocenters. The average molecular weight is 480 g/mol. The summed E-state index contributed by atoms with van der Waals surface area (Å²) >= 11 is 1.32. The highest BCUT2D eigenvalue weighted by Crippen LogP contribution is 2.44. The predicted molar refractivity (Wildman–Crippen MR) is 140 cm³/mol. The summed E-state index contributed by atoms with van der Waals surface area (Å²) in [6.07, 6.45) is 5.32. The van der Waals surface area contributed by atoms with Crippen molar-refractivity contribution in [3.8, 4) is 0 Å². The molecule has 1 amide bonds. The number of nitrogens with zero attached hydrogens (tertiary/aromatic N) is 3. The lowest BCUT2D eigenvalue weighted by Gasteiger charge is -2.29. The van der Waals surface area contributed by atoms with Crippen LogP contribution in [-0.4, -0.2) is 27.4 Å². The second-order valence-electron chi connectivity index (χ2n) is 8.89. The summed E-state index contributed by atoms with van der Waals surface area (Å²) in [6.45, 7) is 0. The highest BCUT2D eigenvalue weighted by Gasteiger charge is 2.43. The molecule has 1 fully saturated rings. The Morgan fingerprint density at radius 1 is 1.00 bits per heavy atom. The summed E-state index contributed by atoms with van der Waals surface area (Å²) in [5.41, 5.74) is 6.10. The van der Waals surface area contributed by atoms with E-state index in [1.54, 1.807) is 5.01 Å². The Morgan fingerprint density at radius 2 is 1.74 bits per heavy atom. The number of hydrogen-bond donors (Lipinski definition) is 0. The minimum absolute atomic E-state index is 0.0351. The third-order valence-electron chi connectivity index (χ3n) is 6.63. The molecule has 1 aliphatic carbocycles. The summed E-state index contributed by atoms with van der Waals surface area (Å²) in [5.74, 6) is 0.378. The van der Waals surface area contributed by atoms with Gasteiger partial charge < -0.3 is 4.42 Å². The largest absolute Gasteiger partial charge is 0.431 e. The van der Waals surface area contributed by atoms with Crippen LogP contribution in [-0.2, 0) is 4.79 Å². The Morgan fingerprint density at radius 3 is 2.54 bits per heavy atom. The molecule has 4 aromatic rings. The molecule has 1 saturated carbocycles. The van der Waals surface area contributed by atoms with Gasteiger partial charge in [0.1, 0.15) is 5.52 Å². The van der Waals surface area contributed by atoms with Gasteiger partial charge in [-0.15, -0.1) is 0 Å². The van der Waals surface area contributed by atoms with Crippen molar-refractivity contribution in [1.29, 1.82) is 0 Å². The van der Waals surface area contributed by atoms with Gasteiger partial charge in [0, 0.05) is 5.92 Å². The highest BCUT2D eigenvalue weighted by atomic mass is 32.2. The van der Waals surface area contributed by atoms with Crippen molar-refractivity contribution in [2.45, 2.75) is 30.5 Å². The van der Waals surface area contributed by atoms with Crippen molar-refractivity contribution >= 4 is 40.6 Å². The SMILES string of the molecule is O=C(CSc1nc2ccccc2o1)N1N=C2/C(=C\c3ccccc3)CCCC2C1c1ccccc1. The van der Waals surface area contributed by atoms with Crippen molar-refractivity contribution in [1.82, 2.24) is 9.99 Å². The second-order valence-corrected chi connectivity index (χ2v) is 9.82. The molecule has 6 heteroatoms. The summed E-state index contributed by atoms with van der Waals surface area (Å²) in [5, 5.41) is 7.19. The third-order valence-corrected chi connectivity index (χ3v) is 7.44. The van der Waals surface area contributed by atoms with E-state index in [1.165, 1.54) is 22.9 Å². The van der Waals surface area contributed by atoms with Gasteiger partial charge in [0.25, 0.3) is 11.1 Å². The van der Waals surface area contributed by atoms with Gasteiger partial charge in [-0.05, 0) is 54.2 Å². The number of allylic oxidation sites excluding steroid dienone is 1. The van der Waals surface area contributed by atoms with E-state index >= 15 is 0 Å². The van der Waals surface area contributed by atoms with Gasteiger partial charge in [-0.1, -0.05) is 84.6 Å². The van der Waals surface area contributed by atoms with Gasteiger partial charge in [0.15, 0.2) is 5.58 Å². The van der Waals surface area contributed by atoms with E-state index in [2.05, 4.69) is 47.5 Å². The van der Waals surface area contributed by atoms with Crippen molar-refractivity contribution in [3.05, 3.63) is 102 Å². The van der Waals surface area contributed by atoms with Gasteiger partial charge in [-0.3, -0.25) is 4.79 Å². The Bertz CT molecular complexity index is 1380. The van der Waals surface area contributed by atoms with Crippen LogP contribution in [0.1, 0.15) is 36.4 Å². The molecule has 0 spiro atoms.